The van der Waals surface area contributed by atoms with Gasteiger partial charge in [0.15, 0.2) is 5.76 Å². The Bertz CT molecular complexity index is 1730. The van der Waals surface area contributed by atoms with E-state index in [9.17, 15) is 19.8 Å². The number of Topliss-reactive ketones (excluding diaryl/α,β-unsaturated/α-hetero) is 1. The number of amides is 1. The van der Waals surface area contributed by atoms with E-state index in [0.29, 0.717) is 42.9 Å². The van der Waals surface area contributed by atoms with Crippen molar-refractivity contribution in [2.45, 2.75) is 123 Å². The molecule has 7 nitrogen and oxygen atoms in total. The zero-order chi connectivity index (χ0) is 36.7. The van der Waals surface area contributed by atoms with Gasteiger partial charge in [0.05, 0.1) is 24.5 Å². The van der Waals surface area contributed by atoms with Gasteiger partial charge in [0, 0.05) is 28.4 Å². The first kappa shape index (κ1) is 35.8. The summed E-state index contributed by atoms with van der Waals surface area (Å²) >= 11 is 0. The molecule has 0 aliphatic heterocycles. The van der Waals surface area contributed by atoms with Gasteiger partial charge in [0.25, 0.3) is 0 Å². The minimum atomic E-state index is -1.19. The minimum Gasteiger partial charge on any atom is -0.461 e. The number of ether oxygens (including phenoxy) is 1. The third-order valence-electron chi connectivity index (χ3n) is 15.8. The van der Waals surface area contributed by atoms with Gasteiger partial charge >= 0.3 is 6.09 Å². The van der Waals surface area contributed by atoms with Crippen molar-refractivity contribution < 1.29 is 29.0 Å². The normalized spacial score (nSPS) is 41.9. The predicted octanol–water partition coefficient (Wildman–Crippen LogP) is 9.15. The van der Waals surface area contributed by atoms with E-state index in [4.69, 9.17) is 9.15 Å². The van der Waals surface area contributed by atoms with Crippen LogP contribution in [0.25, 0.3) is 0 Å². The van der Waals surface area contributed by atoms with Crippen molar-refractivity contribution in [3.8, 4) is 0 Å². The Kier molecular flexibility index (Phi) is 8.77. The van der Waals surface area contributed by atoms with E-state index in [0.717, 1.165) is 62.5 Å². The Labute approximate surface area is 309 Å². The lowest BCUT2D eigenvalue weighted by atomic mass is 9.32. The molecule has 7 aliphatic carbocycles. The molecule has 2 bridgehead atoms. The largest absolute Gasteiger partial charge is 0.461 e. The van der Waals surface area contributed by atoms with Crippen molar-refractivity contribution in [3.63, 3.8) is 0 Å². The van der Waals surface area contributed by atoms with Crippen molar-refractivity contribution in [1.82, 2.24) is 4.90 Å². The first-order valence-electron chi connectivity index (χ1n) is 20.2. The Balaban J connectivity index is 1.16. The maximum absolute atomic E-state index is 14.6. The highest BCUT2D eigenvalue weighted by Gasteiger charge is 2.74. The van der Waals surface area contributed by atoms with Crippen LogP contribution < -0.4 is 0 Å². The second-order valence-electron chi connectivity index (χ2n) is 18.7. The number of fused-ring (bicyclic) bond motifs is 1. The van der Waals surface area contributed by atoms with Crippen LogP contribution in [0.15, 0.2) is 76.9 Å². The Hall–Kier alpha value is -3.16. The molecular formula is C45H59NO6. The van der Waals surface area contributed by atoms with E-state index in [1.54, 1.807) is 23.3 Å². The average molecular weight is 710 g/mol. The molecule has 2 spiro atoms. The minimum absolute atomic E-state index is 0.0220. The Morgan fingerprint density at radius 2 is 1.67 bits per heavy atom. The summed E-state index contributed by atoms with van der Waals surface area (Å²) in [4.78, 5) is 30.8. The van der Waals surface area contributed by atoms with Crippen LogP contribution in [-0.4, -0.2) is 51.3 Å². The highest BCUT2D eigenvalue weighted by molar-refractivity contribution is 6.08. The van der Waals surface area contributed by atoms with Crippen LogP contribution in [-0.2, 0) is 11.3 Å². The fourth-order valence-corrected chi connectivity index (χ4v) is 12.9. The van der Waals surface area contributed by atoms with Gasteiger partial charge in [-0.3, -0.25) is 4.79 Å². The molecule has 280 valence electrons. The molecule has 1 aromatic heterocycles. The number of carbonyl (C=O) groups is 2. The third-order valence-corrected chi connectivity index (χ3v) is 15.8. The zero-order valence-corrected chi connectivity index (χ0v) is 31.9. The molecule has 7 heteroatoms. The van der Waals surface area contributed by atoms with Crippen LogP contribution in [0.5, 0.6) is 0 Å². The zero-order valence-electron chi connectivity index (χ0n) is 31.9. The van der Waals surface area contributed by atoms with Gasteiger partial charge in [-0.2, -0.15) is 0 Å². The molecule has 9 rings (SSSR count). The van der Waals surface area contributed by atoms with Crippen LogP contribution in [0.2, 0.25) is 0 Å². The molecule has 52 heavy (non-hydrogen) atoms. The van der Waals surface area contributed by atoms with Crippen LogP contribution in [0.4, 0.5) is 4.79 Å². The van der Waals surface area contributed by atoms with Gasteiger partial charge in [-0.1, -0.05) is 89.6 Å². The number of furan rings is 1. The van der Waals surface area contributed by atoms with E-state index < -0.39 is 27.9 Å². The molecule has 2 N–H and O–H groups in total. The molecule has 1 heterocycles. The third kappa shape index (κ3) is 5.26. The SMILES string of the molecule is CC(C)[C@H]1CC[C@H](C)C[C@@H]1OC(=O)N(Cc1ccccc1)C[C@]1(O)CC[C@H]2[C@]34C=C[C@@]5(C=C3C(=O)c3ccco3)CC(O)CC[C@]5(C)[C@H]4CC[C@@]21C. The van der Waals surface area contributed by atoms with Crippen LogP contribution in [0.3, 0.4) is 0 Å². The number of ketones is 1. The number of hydrogen-bond acceptors (Lipinski definition) is 6. The van der Waals surface area contributed by atoms with Crippen LogP contribution in [0, 0.1) is 51.2 Å². The topological polar surface area (TPSA) is 100 Å². The molecule has 2 aromatic rings. The van der Waals surface area contributed by atoms with Crippen molar-refractivity contribution in [2.24, 2.45) is 51.2 Å². The van der Waals surface area contributed by atoms with E-state index >= 15 is 0 Å². The van der Waals surface area contributed by atoms with Crippen molar-refractivity contribution in [3.05, 3.63) is 83.9 Å². The lowest BCUT2D eigenvalue weighted by Gasteiger charge is -2.71. The number of nitrogens with zero attached hydrogens (tertiary/aromatic N) is 1. The van der Waals surface area contributed by atoms with Crippen LogP contribution >= 0.6 is 0 Å². The maximum Gasteiger partial charge on any atom is 0.410 e. The Morgan fingerprint density at radius 1 is 0.942 bits per heavy atom. The maximum atomic E-state index is 14.6. The smallest absolute Gasteiger partial charge is 0.410 e. The number of aliphatic hydroxyl groups excluding tert-OH is 1. The summed E-state index contributed by atoms with van der Waals surface area (Å²) in [6.45, 7) is 11.9. The first-order chi connectivity index (χ1) is 24.8. The number of hydrogen-bond donors (Lipinski definition) is 2. The number of benzene rings is 1. The second kappa shape index (κ2) is 12.7. The second-order valence-corrected chi connectivity index (χ2v) is 18.7. The monoisotopic (exact) mass is 709 g/mol. The van der Waals surface area contributed by atoms with E-state index in [1.807, 2.05) is 30.3 Å². The molecule has 1 amide bonds. The number of allylic oxidation sites excluding steroid dienone is 4. The summed E-state index contributed by atoms with van der Waals surface area (Å²) in [5, 5.41) is 24.1. The van der Waals surface area contributed by atoms with Crippen molar-refractivity contribution >= 4 is 11.9 Å². The molecule has 0 radical (unpaired) electrons. The average Bonchev–Trinajstić information content (AvgIpc) is 3.74. The molecule has 1 aromatic carbocycles. The summed E-state index contributed by atoms with van der Waals surface area (Å²) in [6.07, 6.45) is 15.8. The van der Waals surface area contributed by atoms with Gasteiger partial charge in [-0.15, -0.1) is 0 Å². The molecule has 0 saturated heterocycles. The molecule has 1 unspecified atom stereocenters. The van der Waals surface area contributed by atoms with Crippen LogP contribution in [0.1, 0.15) is 115 Å². The summed E-state index contributed by atoms with van der Waals surface area (Å²) in [6, 6.07) is 13.6. The van der Waals surface area contributed by atoms with Crippen molar-refractivity contribution in [1.29, 1.82) is 0 Å². The van der Waals surface area contributed by atoms with E-state index in [2.05, 4.69) is 52.8 Å². The summed E-state index contributed by atoms with van der Waals surface area (Å²) < 4.78 is 12.2. The van der Waals surface area contributed by atoms with Gasteiger partial charge in [-0.25, -0.2) is 4.79 Å². The number of carbonyl (C=O) groups excluding carboxylic acids is 2. The van der Waals surface area contributed by atoms with E-state index in [-0.39, 0.29) is 41.8 Å². The molecule has 11 atom stereocenters. The van der Waals surface area contributed by atoms with Gasteiger partial charge in [0.1, 0.15) is 6.10 Å². The first-order valence-corrected chi connectivity index (χ1v) is 20.2. The Morgan fingerprint density at radius 3 is 2.40 bits per heavy atom. The van der Waals surface area contributed by atoms with Gasteiger partial charge in [0.2, 0.25) is 5.78 Å². The molecular weight excluding hydrogens is 650 g/mol. The predicted molar refractivity (Wildman–Crippen MR) is 200 cm³/mol. The standard InChI is InChI=1S/C45H59NO6/c1-29(2)33-14-13-30(3)24-36(33)52-40(49)46(27-31-10-7-6-8-11-31)28-44(50)20-17-38-42(44,5)19-16-37-41(4)18-15-32(47)25-43(41)21-22-45(37,38)34(26-43)39(48)35-12-9-23-51-35/h6-12,21-23,26,29-30,32-33,36-38,47,50H,13-20,24-25,27-28H2,1-5H3/t30-,32?,33+,36-,37+,38+,41+,42-,43-,44+,45+/m0/s1. The van der Waals surface area contributed by atoms with Crippen molar-refractivity contribution in [2.75, 3.05) is 6.54 Å². The lowest BCUT2D eigenvalue weighted by molar-refractivity contribution is -0.176. The van der Waals surface area contributed by atoms with Gasteiger partial charge in [-0.05, 0) is 110 Å². The van der Waals surface area contributed by atoms with Gasteiger partial charge < -0.3 is 24.3 Å². The lowest BCUT2D eigenvalue weighted by Crippen LogP contribution is -2.67. The highest BCUT2D eigenvalue weighted by atomic mass is 16.6. The number of aliphatic hydroxyl groups is 2. The highest BCUT2D eigenvalue weighted by Crippen LogP contribution is 2.78. The fourth-order valence-electron chi connectivity index (χ4n) is 12.9. The summed E-state index contributed by atoms with van der Waals surface area (Å²) in [5.41, 5.74) is -1.11. The summed E-state index contributed by atoms with van der Waals surface area (Å²) in [5.74, 6) is 1.65. The number of rotatable bonds is 8. The molecule has 7 aliphatic rings. The quantitative estimate of drug-likeness (QED) is 0.210. The fraction of sp³-hybridized carbons (Fsp3) is 0.644. The molecule has 4 saturated carbocycles. The summed E-state index contributed by atoms with van der Waals surface area (Å²) in [7, 11) is 0. The van der Waals surface area contributed by atoms with E-state index in [1.165, 1.54) is 0 Å². The molecule has 4 fully saturated rings.